The number of ether oxygens (including phenoxy) is 1. The molecule has 0 unspecified atom stereocenters. The fourth-order valence-corrected chi connectivity index (χ4v) is 6.08. The molecule has 0 amide bonds. The molecule has 6 N–H and O–H groups in total. The Morgan fingerprint density at radius 3 is 1.43 bits per heavy atom. The van der Waals surface area contributed by atoms with Crippen LogP contribution in [0.2, 0.25) is 0 Å². The molecule has 14 nitrogen and oxygen atoms in total. The molecule has 0 atom stereocenters. The van der Waals surface area contributed by atoms with E-state index in [9.17, 15) is 35.4 Å². The summed E-state index contributed by atoms with van der Waals surface area (Å²) in [6, 6.07) is 31.6. The fourth-order valence-electron chi connectivity index (χ4n) is 5.74. The minimum Gasteiger partial charge on any atom is -0.508 e. The number of halogens is 1. The van der Waals surface area contributed by atoms with Crippen molar-refractivity contribution in [2.75, 3.05) is 7.11 Å². The van der Waals surface area contributed by atoms with Gasteiger partial charge in [-0.3, -0.25) is 0 Å². The number of aromatic nitrogens is 3. The summed E-state index contributed by atoms with van der Waals surface area (Å²) in [5.74, 6) is -1.36. The Labute approximate surface area is 323 Å². The Morgan fingerprint density at radius 2 is 0.946 bits per heavy atom. The summed E-state index contributed by atoms with van der Waals surface area (Å²) in [7, 11) is 1.21. The quantitative estimate of drug-likeness (QED) is 0.0911. The van der Waals surface area contributed by atoms with Gasteiger partial charge in [0.15, 0.2) is 16.7 Å². The molecular weight excluding hydrogens is 790 g/mol. The smallest absolute Gasteiger partial charge is 0.341 e. The van der Waals surface area contributed by atoms with E-state index in [1.54, 1.807) is 36.4 Å². The second-order valence-electron chi connectivity index (χ2n) is 12.0. The standard InChI is InChI=1S/C15H11NO5.C13H8BrNO3.C13H9NO3/c1-20-15(19)10-6-9(11(17)7-12(10)18)14-8-4-2-3-5-13(8)21-16-14;14-9-5-8(10(16)6-11(9)17)13-7-3-1-2-4-12(7)18-15-13;15-8-5-6-9(11(16)7-8)13-10-3-1-2-4-12(10)17-14-13/h2-7,17-18H,1H3;1-6,16-17H;1-7,15-16H. The lowest BCUT2D eigenvalue weighted by atomic mass is 10.0. The molecular formula is C41H28BrN3O11. The van der Waals surface area contributed by atoms with Gasteiger partial charge in [0.2, 0.25) is 0 Å². The first-order chi connectivity index (χ1) is 27.0. The monoisotopic (exact) mass is 817 g/mol. The first-order valence-corrected chi connectivity index (χ1v) is 17.3. The van der Waals surface area contributed by atoms with Crippen LogP contribution in [0.25, 0.3) is 66.7 Å². The molecule has 0 radical (unpaired) electrons. The van der Waals surface area contributed by atoms with E-state index < -0.39 is 5.97 Å². The van der Waals surface area contributed by atoms with Gasteiger partial charge >= 0.3 is 5.97 Å². The molecule has 0 aliphatic heterocycles. The first-order valence-electron chi connectivity index (χ1n) is 16.5. The van der Waals surface area contributed by atoms with Gasteiger partial charge in [-0.15, -0.1) is 0 Å². The predicted octanol–water partition coefficient (Wildman–Crippen LogP) is 9.27. The highest BCUT2D eigenvalue weighted by Gasteiger charge is 2.21. The van der Waals surface area contributed by atoms with Crippen molar-refractivity contribution in [2.24, 2.45) is 0 Å². The number of benzene rings is 6. The summed E-state index contributed by atoms with van der Waals surface area (Å²) in [6.07, 6.45) is 0. The number of phenolic OH excluding ortho intramolecular Hbond substituents is 6. The highest BCUT2D eigenvalue weighted by molar-refractivity contribution is 9.10. The van der Waals surface area contributed by atoms with Gasteiger partial charge in [0.05, 0.1) is 11.6 Å². The van der Waals surface area contributed by atoms with Crippen LogP contribution in [0.3, 0.4) is 0 Å². The number of carbonyl (C=O) groups is 1. The lowest BCUT2D eigenvalue weighted by Gasteiger charge is -2.07. The van der Waals surface area contributed by atoms with Crippen molar-refractivity contribution in [3.8, 4) is 68.3 Å². The van der Waals surface area contributed by atoms with Crippen molar-refractivity contribution in [1.82, 2.24) is 15.5 Å². The van der Waals surface area contributed by atoms with Gasteiger partial charge in [0, 0.05) is 51.0 Å². The average molecular weight is 819 g/mol. The molecule has 0 aliphatic carbocycles. The van der Waals surface area contributed by atoms with Crippen molar-refractivity contribution in [2.45, 2.75) is 0 Å². The average Bonchev–Trinajstić information content (AvgIpc) is 3.94. The Morgan fingerprint density at radius 1 is 0.518 bits per heavy atom. The number of hydrogen-bond acceptors (Lipinski definition) is 14. The number of rotatable bonds is 4. The van der Waals surface area contributed by atoms with Crippen LogP contribution in [-0.2, 0) is 4.74 Å². The Balaban J connectivity index is 0.000000129. The summed E-state index contributed by atoms with van der Waals surface area (Å²) in [6.45, 7) is 0. The van der Waals surface area contributed by atoms with E-state index >= 15 is 0 Å². The normalized spacial score (nSPS) is 10.8. The number of methoxy groups -OCH3 is 1. The third-order valence-electron chi connectivity index (χ3n) is 8.46. The number of phenols is 6. The predicted molar refractivity (Wildman–Crippen MR) is 207 cm³/mol. The van der Waals surface area contributed by atoms with Gasteiger partial charge in [-0.1, -0.05) is 51.9 Å². The summed E-state index contributed by atoms with van der Waals surface area (Å²) >= 11 is 3.21. The van der Waals surface area contributed by atoms with Crippen LogP contribution >= 0.6 is 15.9 Å². The maximum absolute atomic E-state index is 11.6. The number of carbonyl (C=O) groups excluding carboxylic acids is 1. The lowest BCUT2D eigenvalue weighted by molar-refractivity contribution is 0.0597. The van der Waals surface area contributed by atoms with Crippen LogP contribution in [0.1, 0.15) is 10.4 Å². The zero-order valence-corrected chi connectivity index (χ0v) is 30.5. The number of para-hydroxylation sites is 3. The molecule has 3 heterocycles. The zero-order chi connectivity index (χ0) is 39.5. The van der Waals surface area contributed by atoms with Gasteiger partial charge in [-0.25, -0.2) is 4.79 Å². The van der Waals surface area contributed by atoms with E-state index in [4.69, 9.17) is 13.6 Å². The molecule has 56 heavy (non-hydrogen) atoms. The number of nitrogens with zero attached hydrogens (tertiary/aromatic N) is 3. The summed E-state index contributed by atoms with van der Waals surface area (Å²) in [5, 5.41) is 72.3. The third kappa shape index (κ3) is 7.21. The van der Waals surface area contributed by atoms with Crippen molar-refractivity contribution in [3.05, 3.63) is 125 Å². The molecule has 9 rings (SSSR count). The third-order valence-corrected chi connectivity index (χ3v) is 9.10. The largest absolute Gasteiger partial charge is 0.508 e. The highest BCUT2D eigenvalue weighted by atomic mass is 79.9. The van der Waals surface area contributed by atoms with Gasteiger partial charge in [-0.05, 0) is 76.6 Å². The molecule has 0 fully saturated rings. The number of hydrogen-bond donors (Lipinski definition) is 6. The van der Waals surface area contributed by atoms with Crippen LogP contribution in [-0.4, -0.2) is 59.2 Å². The van der Waals surface area contributed by atoms with Crippen LogP contribution in [0.4, 0.5) is 0 Å². The van der Waals surface area contributed by atoms with Gasteiger partial charge < -0.3 is 48.9 Å². The number of fused-ring (bicyclic) bond motifs is 3. The van der Waals surface area contributed by atoms with Gasteiger partial charge in [0.25, 0.3) is 0 Å². The maximum atomic E-state index is 11.6. The van der Waals surface area contributed by atoms with Crippen molar-refractivity contribution in [1.29, 1.82) is 0 Å². The van der Waals surface area contributed by atoms with Gasteiger partial charge in [-0.2, -0.15) is 0 Å². The Bertz CT molecular complexity index is 2880. The van der Waals surface area contributed by atoms with Crippen molar-refractivity contribution < 1.29 is 53.7 Å². The summed E-state index contributed by atoms with van der Waals surface area (Å²) < 4.78 is 20.6. The van der Waals surface area contributed by atoms with Crippen molar-refractivity contribution >= 4 is 54.8 Å². The molecule has 15 heteroatoms. The molecule has 0 saturated heterocycles. The van der Waals surface area contributed by atoms with Crippen LogP contribution in [0.5, 0.6) is 34.5 Å². The molecule has 3 aromatic heterocycles. The Kier molecular flexibility index (Phi) is 10.2. The van der Waals surface area contributed by atoms with E-state index in [2.05, 4.69) is 36.1 Å². The molecule has 0 aliphatic rings. The zero-order valence-electron chi connectivity index (χ0n) is 28.9. The number of aromatic hydroxyl groups is 6. The second-order valence-corrected chi connectivity index (χ2v) is 12.8. The van der Waals surface area contributed by atoms with E-state index in [0.717, 1.165) is 16.8 Å². The van der Waals surface area contributed by atoms with Crippen LogP contribution < -0.4 is 0 Å². The van der Waals surface area contributed by atoms with Gasteiger partial charge in [0.1, 0.15) is 57.1 Å². The fraction of sp³-hybridized carbons (Fsp3) is 0.0244. The molecule has 0 bridgehead atoms. The Hall–Kier alpha value is -7.52. The maximum Gasteiger partial charge on any atom is 0.341 e. The van der Waals surface area contributed by atoms with Crippen LogP contribution in [0, 0.1) is 0 Å². The highest BCUT2D eigenvalue weighted by Crippen LogP contribution is 2.40. The summed E-state index contributed by atoms with van der Waals surface area (Å²) in [4.78, 5) is 11.6. The summed E-state index contributed by atoms with van der Waals surface area (Å²) in [5.41, 5.74) is 4.62. The minimum atomic E-state index is -0.707. The molecule has 6 aromatic carbocycles. The van der Waals surface area contributed by atoms with E-state index in [1.807, 2.05) is 48.5 Å². The molecule has 0 spiro atoms. The van der Waals surface area contributed by atoms with Crippen LogP contribution in [0.15, 0.2) is 133 Å². The first kappa shape index (κ1) is 36.8. The van der Waals surface area contributed by atoms with E-state index in [0.29, 0.717) is 54.8 Å². The second kappa shape index (κ2) is 15.5. The lowest BCUT2D eigenvalue weighted by Crippen LogP contribution is -2.02. The molecule has 9 aromatic rings. The number of esters is 1. The van der Waals surface area contributed by atoms with E-state index in [1.165, 1.54) is 31.4 Å². The molecule has 0 saturated carbocycles. The van der Waals surface area contributed by atoms with Crippen molar-refractivity contribution in [3.63, 3.8) is 0 Å². The SMILES string of the molecule is COC(=O)c1cc(-c2noc3ccccc23)c(O)cc1O.Oc1cc(O)c(-c2noc3ccccc23)cc1Br.Oc1ccc(-c2noc3ccccc23)c(O)c1. The minimum absolute atomic E-state index is 0.0130. The van der Waals surface area contributed by atoms with E-state index in [-0.39, 0.29) is 45.6 Å². The topological polar surface area (TPSA) is 226 Å². The molecule has 280 valence electrons.